The average Bonchev–Trinajstić information content (AvgIpc) is 3.17. The largest absolute Gasteiger partial charge is 0.358 e. The molecular formula is C21H37N7OS. The first-order valence-electron chi connectivity index (χ1n) is 11.1. The number of rotatable bonds is 7. The number of thiazole rings is 1. The van der Waals surface area contributed by atoms with Crippen LogP contribution in [0.3, 0.4) is 0 Å². The van der Waals surface area contributed by atoms with Crippen molar-refractivity contribution in [1.29, 1.82) is 0 Å². The number of amides is 1. The first-order valence-corrected chi connectivity index (χ1v) is 12.0. The number of aliphatic imine (C=N–C) groups is 1. The number of nitrogens with zero attached hydrogens (tertiary/aromatic N) is 4. The number of piperidine rings is 2. The Hall–Kier alpha value is -1.71. The summed E-state index contributed by atoms with van der Waals surface area (Å²) in [4.78, 5) is 25.3. The molecule has 30 heavy (non-hydrogen) atoms. The van der Waals surface area contributed by atoms with Gasteiger partial charge in [0.05, 0.1) is 17.2 Å². The highest BCUT2D eigenvalue weighted by molar-refractivity contribution is 7.09. The molecule has 0 aliphatic carbocycles. The topological polar surface area (TPSA) is 84.9 Å². The third-order valence-corrected chi connectivity index (χ3v) is 6.94. The van der Waals surface area contributed by atoms with Crippen molar-refractivity contribution >= 4 is 23.2 Å². The third kappa shape index (κ3) is 7.21. The molecule has 2 fully saturated rings. The fourth-order valence-corrected chi connectivity index (χ4v) is 4.81. The fraction of sp³-hybridized carbons (Fsp3) is 0.762. The van der Waals surface area contributed by atoms with Crippen molar-refractivity contribution in [2.75, 3.05) is 53.4 Å². The van der Waals surface area contributed by atoms with Gasteiger partial charge < -0.3 is 16.0 Å². The molecule has 0 atom stereocenters. The van der Waals surface area contributed by atoms with E-state index >= 15 is 0 Å². The van der Waals surface area contributed by atoms with Gasteiger partial charge in [0.15, 0.2) is 5.96 Å². The minimum atomic E-state index is 0.0895. The number of likely N-dealkylation sites (N-methyl/N-ethyl adjacent to an activating group) is 1. The monoisotopic (exact) mass is 435 g/mol. The molecule has 8 nitrogen and oxygen atoms in total. The van der Waals surface area contributed by atoms with Gasteiger partial charge in [-0.1, -0.05) is 0 Å². The van der Waals surface area contributed by atoms with Gasteiger partial charge in [0, 0.05) is 51.7 Å². The van der Waals surface area contributed by atoms with Gasteiger partial charge >= 0.3 is 0 Å². The number of hydrogen-bond acceptors (Lipinski definition) is 6. The van der Waals surface area contributed by atoms with Crippen LogP contribution >= 0.6 is 11.3 Å². The van der Waals surface area contributed by atoms with E-state index in [-0.39, 0.29) is 5.91 Å². The Kier molecular flexibility index (Phi) is 8.89. The van der Waals surface area contributed by atoms with Crippen LogP contribution in [0.1, 0.15) is 36.4 Å². The zero-order valence-electron chi connectivity index (χ0n) is 18.6. The van der Waals surface area contributed by atoms with E-state index in [2.05, 4.69) is 48.0 Å². The molecule has 2 aliphatic rings. The van der Waals surface area contributed by atoms with E-state index in [1.54, 1.807) is 18.4 Å². The van der Waals surface area contributed by atoms with Crippen LogP contribution in [0.5, 0.6) is 0 Å². The zero-order valence-corrected chi connectivity index (χ0v) is 19.4. The Balaban J connectivity index is 1.32. The van der Waals surface area contributed by atoms with Crippen molar-refractivity contribution in [2.45, 2.75) is 45.2 Å². The van der Waals surface area contributed by atoms with Crippen LogP contribution in [-0.2, 0) is 11.3 Å². The van der Waals surface area contributed by atoms with Gasteiger partial charge in [0.25, 0.3) is 0 Å². The number of carbonyl (C=O) groups is 1. The Morgan fingerprint density at radius 3 is 2.50 bits per heavy atom. The molecular weight excluding hydrogens is 398 g/mol. The van der Waals surface area contributed by atoms with Crippen molar-refractivity contribution < 1.29 is 4.79 Å². The SMILES string of the molecule is CN=C(NCC1CCN(Cc2csc(C)n2)CC1)NC1CCN(CC(=O)NC)CC1. The van der Waals surface area contributed by atoms with E-state index in [9.17, 15) is 4.79 Å². The highest BCUT2D eigenvalue weighted by Crippen LogP contribution is 2.19. The lowest BCUT2D eigenvalue weighted by Crippen LogP contribution is -2.50. The maximum absolute atomic E-state index is 11.5. The lowest BCUT2D eigenvalue weighted by atomic mass is 9.97. The fourth-order valence-electron chi connectivity index (χ4n) is 4.21. The van der Waals surface area contributed by atoms with E-state index < -0.39 is 0 Å². The Morgan fingerprint density at radius 2 is 1.90 bits per heavy atom. The molecule has 0 aromatic carbocycles. The molecule has 9 heteroatoms. The van der Waals surface area contributed by atoms with E-state index in [1.165, 1.54) is 18.5 Å². The van der Waals surface area contributed by atoms with Gasteiger partial charge in [-0.2, -0.15) is 0 Å². The first-order chi connectivity index (χ1) is 14.6. The number of aryl methyl sites for hydroxylation is 1. The molecule has 1 amide bonds. The van der Waals surface area contributed by atoms with Crippen LogP contribution < -0.4 is 16.0 Å². The lowest BCUT2D eigenvalue weighted by Gasteiger charge is -2.34. The third-order valence-electron chi connectivity index (χ3n) is 6.12. The molecule has 168 valence electrons. The number of aromatic nitrogens is 1. The molecule has 0 saturated carbocycles. The van der Waals surface area contributed by atoms with Crippen LogP contribution in [0.15, 0.2) is 10.4 Å². The summed E-state index contributed by atoms with van der Waals surface area (Å²) in [5, 5.41) is 13.1. The first kappa shape index (κ1) is 23.0. The van der Waals surface area contributed by atoms with E-state index in [1.807, 2.05) is 7.05 Å². The second-order valence-corrected chi connectivity index (χ2v) is 9.46. The molecule has 2 aliphatic heterocycles. The second-order valence-electron chi connectivity index (χ2n) is 8.40. The summed E-state index contributed by atoms with van der Waals surface area (Å²) in [6, 6.07) is 0.417. The van der Waals surface area contributed by atoms with E-state index in [0.717, 1.165) is 63.1 Å². The minimum Gasteiger partial charge on any atom is -0.358 e. The highest BCUT2D eigenvalue weighted by atomic mass is 32.1. The highest BCUT2D eigenvalue weighted by Gasteiger charge is 2.23. The summed E-state index contributed by atoms with van der Waals surface area (Å²) in [7, 11) is 3.53. The molecule has 1 aromatic rings. The maximum atomic E-state index is 11.5. The number of guanidine groups is 1. The van der Waals surface area contributed by atoms with Gasteiger partial charge in [0.2, 0.25) is 5.91 Å². The van der Waals surface area contributed by atoms with Crippen molar-refractivity contribution in [3.63, 3.8) is 0 Å². The second kappa shape index (κ2) is 11.6. The zero-order chi connectivity index (χ0) is 21.3. The standard InChI is InChI=1S/C21H37N7OS/c1-16-25-19(15-30-16)13-27-8-4-17(5-9-27)12-24-21(23-3)26-18-6-10-28(11-7-18)14-20(29)22-2/h15,17-18H,4-14H2,1-3H3,(H,22,29)(H2,23,24,26). The quantitative estimate of drug-likeness (QED) is 0.438. The summed E-state index contributed by atoms with van der Waals surface area (Å²) in [5.41, 5.74) is 1.21. The molecule has 0 bridgehead atoms. The molecule has 0 spiro atoms. The average molecular weight is 436 g/mol. The molecule has 3 heterocycles. The van der Waals surface area contributed by atoms with Crippen LogP contribution in [0, 0.1) is 12.8 Å². The summed E-state index contributed by atoms with van der Waals surface area (Å²) >= 11 is 1.74. The van der Waals surface area contributed by atoms with Crippen molar-refractivity contribution in [3.05, 3.63) is 16.1 Å². The van der Waals surface area contributed by atoms with Crippen molar-refractivity contribution in [2.24, 2.45) is 10.9 Å². The van der Waals surface area contributed by atoms with Gasteiger partial charge in [-0.25, -0.2) is 4.98 Å². The smallest absolute Gasteiger partial charge is 0.233 e. The molecule has 3 N–H and O–H groups in total. The minimum absolute atomic E-state index is 0.0895. The Morgan fingerprint density at radius 1 is 1.20 bits per heavy atom. The summed E-state index contributed by atoms with van der Waals surface area (Å²) < 4.78 is 0. The summed E-state index contributed by atoms with van der Waals surface area (Å²) in [6.07, 6.45) is 4.49. The normalized spacial score (nSPS) is 20.3. The van der Waals surface area contributed by atoms with Crippen LogP contribution in [0.25, 0.3) is 0 Å². The molecule has 0 radical (unpaired) electrons. The lowest BCUT2D eigenvalue weighted by molar-refractivity contribution is -0.122. The summed E-state index contributed by atoms with van der Waals surface area (Å²) in [5.74, 6) is 1.68. The number of carbonyl (C=O) groups excluding carboxylic acids is 1. The van der Waals surface area contributed by atoms with Crippen LogP contribution in [0.4, 0.5) is 0 Å². The van der Waals surface area contributed by atoms with Crippen LogP contribution in [-0.4, -0.2) is 86.1 Å². The molecule has 1 aromatic heterocycles. The Bertz CT molecular complexity index is 691. The van der Waals surface area contributed by atoms with Crippen molar-refractivity contribution in [3.8, 4) is 0 Å². The number of hydrogen-bond donors (Lipinski definition) is 3. The molecule has 2 saturated heterocycles. The van der Waals surface area contributed by atoms with Gasteiger partial charge in [-0.15, -0.1) is 11.3 Å². The van der Waals surface area contributed by atoms with Crippen molar-refractivity contribution in [1.82, 2.24) is 30.7 Å². The number of nitrogens with one attached hydrogen (secondary N) is 3. The number of likely N-dealkylation sites (tertiary alicyclic amines) is 2. The Labute approximate surface area is 184 Å². The predicted octanol–water partition coefficient (Wildman–Crippen LogP) is 1.04. The summed E-state index contributed by atoms with van der Waals surface area (Å²) in [6.45, 7) is 8.68. The molecule has 0 unspecified atom stereocenters. The maximum Gasteiger partial charge on any atom is 0.233 e. The van der Waals surface area contributed by atoms with E-state index in [4.69, 9.17) is 0 Å². The van der Waals surface area contributed by atoms with Crippen LogP contribution in [0.2, 0.25) is 0 Å². The van der Waals surface area contributed by atoms with Gasteiger partial charge in [-0.3, -0.25) is 19.6 Å². The molecule has 3 rings (SSSR count). The van der Waals surface area contributed by atoms with Gasteiger partial charge in [-0.05, 0) is 51.6 Å². The van der Waals surface area contributed by atoms with E-state index in [0.29, 0.717) is 18.5 Å². The predicted molar refractivity (Wildman–Crippen MR) is 123 cm³/mol. The van der Waals surface area contributed by atoms with Gasteiger partial charge in [0.1, 0.15) is 0 Å².